The molecule has 2 aromatic carbocycles. The molecule has 1 saturated heterocycles. The van der Waals surface area contributed by atoms with Crippen LogP contribution in [0.1, 0.15) is 47.7 Å². The summed E-state index contributed by atoms with van der Waals surface area (Å²) in [5.74, 6) is 0.606. The Hall–Kier alpha value is -3.65. The molecule has 2 aromatic rings. The van der Waals surface area contributed by atoms with E-state index in [0.29, 0.717) is 42.9 Å². The maximum Gasteiger partial charge on any atom is 0.259 e. The second kappa shape index (κ2) is 10.1. The zero-order valence-electron chi connectivity index (χ0n) is 20.8. The van der Waals surface area contributed by atoms with E-state index in [-0.39, 0.29) is 17.9 Å². The Morgan fingerprint density at radius 2 is 1.86 bits per heavy atom. The van der Waals surface area contributed by atoms with E-state index in [4.69, 9.17) is 9.47 Å². The monoisotopic (exact) mass is 488 g/mol. The topological polar surface area (TPSA) is 95.0 Å². The summed E-state index contributed by atoms with van der Waals surface area (Å²) in [6.45, 7) is 4.44. The zero-order chi connectivity index (χ0) is 25.2. The molecular formula is C28H32N4O4. The van der Waals surface area contributed by atoms with Crippen molar-refractivity contribution in [2.75, 3.05) is 38.3 Å². The van der Waals surface area contributed by atoms with Crippen LogP contribution in [0.2, 0.25) is 0 Å². The van der Waals surface area contributed by atoms with Gasteiger partial charge in [0, 0.05) is 68.2 Å². The number of fused-ring (bicyclic) bond motifs is 1. The van der Waals surface area contributed by atoms with Gasteiger partial charge in [-0.05, 0) is 42.7 Å². The minimum absolute atomic E-state index is 0.00883. The Morgan fingerprint density at radius 3 is 2.56 bits per heavy atom. The molecule has 3 aliphatic heterocycles. The highest BCUT2D eigenvalue weighted by Crippen LogP contribution is 2.33. The molecule has 0 radical (unpaired) electrons. The van der Waals surface area contributed by atoms with Gasteiger partial charge in [-0.3, -0.25) is 15.0 Å². The summed E-state index contributed by atoms with van der Waals surface area (Å²) in [6.07, 6.45) is 2.49. The van der Waals surface area contributed by atoms with Crippen molar-refractivity contribution in [1.82, 2.24) is 10.2 Å². The van der Waals surface area contributed by atoms with Gasteiger partial charge >= 0.3 is 0 Å². The van der Waals surface area contributed by atoms with Crippen LogP contribution >= 0.6 is 0 Å². The second-order valence-corrected chi connectivity index (χ2v) is 9.48. The number of ether oxygens (including phenoxy) is 2. The maximum atomic E-state index is 13.6. The van der Waals surface area contributed by atoms with E-state index in [1.165, 1.54) is 0 Å². The van der Waals surface area contributed by atoms with Crippen molar-refractivity contribution >= 4 is 23.2 Å². The van der Waals surface area contributed by atoms with Crippen molar-refractivity contribution in [1.29, 1.82) is 5.41 Å². The number of methoxy groups -OCH3 is 1. The van der Waals surface area contributed by atoms with Gasteiger partial charge in [0.15, 0.2) is 0 Å². The minimum atomic E-state index is -0.116. The summed E-state index contributed by atoms with van der Waals surface area (Å²) in [5, 5.41) is 12.9. The van der Waals surface area contributed by atoms with Crippen molar-refractivity contribution in [2.24, 2.45) is 0 Å². The number of carbonyl (C=O) groups is 2. The Labute approximate surface area is 211 Å². The van der Waals surface area contributed by atoms with Crippen LogP contribution < -0.4 is 15.0 Å². The maximum absolute atomic E-state index is 13.6. The highest BCUT2D eigenvalue weighted by Gasteiger charge is 2.34. The van der Waals surface area contributed by atoms with Crippen LogP contribution in [0.5, 0.6) is 5.75 Å². The molecule has 0 unspecified atom stereocenters. The smallest absolute Gasteiger partial charge is 0.259 e. The van der Waals surface area contributed by atoms with E-state index in [9.17, 15) is 15.0 Å². The zero-order valence-corrected chi connectivity index (χ0v) is 20.8. The Kier molecular flexibility index (Phi) is 6.78. The molecule has 36 heavy (non-hydrogen) atoms. The normalized spacial score (nSPS) is 18.3. The SMILES string of the molecule is COc1ccc(N2Cc3cccc(C(=N)C4=C(NC5CCOCC5)CCN(C(C)=O)C4)c3C2=O)cc1. The molecular weight excluding hydrogens is 456 g/mol. The first kappa shape index (κ1) is 24.1. The molecule has 3 aliphatic rings. The third kappa shape index (κ3) is 4.60. The van der Waals surface area contributed by atoms with Gasteiger partial charge < -0.3 is 24.6 Å². The van der Waals surface area contributed by atoms with Crippen LogP contribution in [0.3, 0.4) is 0 Å². The molecule has 0 aliphatic carbocycles. The highest BCUT2D eigenvalue weighted by molar-refractivity contribution is 6.21. The first-order valence-corrected chi connectivity index (χ1v) is 12.4. The predicted molar refractivity (Wildman–Crippen MR) is 138 cm³/mol. The van der Waals surface area contributed by atoms with Gasteiger partial charge in [0.2, 0.25) is 5.91 Å². The van der Waals surface area contributed by atoms with E-state index >= 15 is 0 Å². The Balaban J connectivity index is 1.48. The third-order valence-corrected chi connectivity index (χ3v) is 7.28. The number of anilines is 1. The number of nitrogens with zero attached hydrogens (tertiary/aromatic N) is 2. The number of carbonyl (C=O) groups excluding carboxylic acids is 2. The molecule has 3 heterocycles. The van der Waals surface area contributed by atoms with E-state index in [2.05, 4.69) is 5.32 Å². The van der Waals surface area contributed by atoms with E-state index in [1.807, 2.05) is 42.5 Å². The molecule has 2 N–H and O–H groups in total. The first-order valence-electron chi connectivity index (χ1n) is 12.4. The fourth-order valence-corrected chi connectivity index (χ4v) is 5.21. The van der Waals surface area contributed by atoms with E-state index in [1.54, 1.807) is 23.8 Å². The van der Waals surface area contributed by atoms with Crippen LogP contribution in [-0.2, 0) is 16.1 Å². The van der Waals surface area contributed by atoms with Crippen molar-refractivity contribution < 1.29 is 19.1 Å². The number of rotatable bonds is 6. The molecule has 188 valence electrons. The van der Waals surface area contributed by atoms with Gasteiger partial charge in [-0.15, -0.1) is 0 Å². The lowest BCUT2D eigenvalue weighted by molar-refractivity contribution is -0.128. The summed E-state index contributed by atoms with van der Waals surface area (Å²) in [5.41, 5.74) is 4.95. The van der Waals surface area contributed by atoms with Crippen molar-refractivity contribution in [2.45, 2.75) is 38.8 Å². The number of hydrogen-bond acceptors (Lipinski definition) is 6. The molecule has 0 bridgehead atoms. The molecule has 1 fully saturated rings. The number of amides is 2. The number of benzene rings is 2. The summed E-state index contributed by atoms with van der Waals surface area (Å²) in [7, 11) is 1.61. The van der Waals surface area contributed by atoms with Crippen molar-refractivity contribution in [3.05, 3.63) is 70.4 Å². The van der Waals surface area contributed by atoms with E-state index in [0.717, 1.165) is 54.3 Å². The van der Waals surface area contributed by atoms with Gasteiger partial charge in [-0.25, -0.2) is 0 Å². The average molecular weight is 489 g/mol. The first-order chi connectivity index (χ1) is 17.5. The summed E-state index contributed by atoms with van der Waals surface area (Å²) in [6, 6.07) is 13.4. The van der Waals surface area contributed by atoms with Crippen LogP contribution in [0.4, 0.5) is 5.69 Å². The number of nitrogens with one attached hydrogen (secondary N) is 2. The second-order valence-electron chi connectivity index (χ2n) is 9.48. The summed E-state index contributed by atoms with van der Waals surface area (Å²) >= 11 is 0. The Morgan fingerprint density at radius 1 is 1.11 bits per heavy atom. The highest BCUT2D eigenvalue weighted by atomic mass is 16.5. The molecule has 2 amide bonds. The van der Waals surface area contributed by atoms with Gasteiger partial charge in [-0.1, -0.05) is 18.2 Å². The predicted octanol–water partition coefficient (Wildman–Crippen LogP) is 3.50. The van der Waals surface area contributed by atoms with E-state index < -0.39 is 0 Å². The van der Waals surface area contributed by atoms with Gasteiger partial charge in [-0.2, -0.15) is 0 Å². The van der Waals surface area contributed by atoms with Crippen LogP contribution in [0.15, 0.2) is 53.7 Å². The average Bonchev–Trinajstić information content (AvgIpc) is 3.25. The lowest BCUT2D eigenvalue weighted by Gasteiger charge is -2.34. The van der Waals surface area contributed by atoms with Crippen LogP contribution in [-0.4, -0.2) is 61.9 Å². The fourth-order valence-electron chi connectivity index (χ4n) is 5.21. The molecule has 0 saturated carbocycles. The molecule has 0 aromatic heterocycles. The lowest BCUT2D eigenvalue weighted by atomic mass is 9.91. The van der Waals surface area contributed by atoms with Crippen LogP contribution in [0.25, 0.3) is 0 Å². The molecule has 8 heteroatoms. The molecule has 0 atom stereocenters. The van der Waals surface area contributed by atoms with Crippen molar-refractivity contribution in [3.63, 3.8) is 0 Å². The quantitative estimate of drug-likeness (QED) is 0.607. The lowest BCUT2D eigenvalue weighted by Crippen LogP contribution is -2.43. The van der Waals surface area contributed by atoms with Crippen molar-refractivity contribution in [3.8, 4) is 5.75 Å². The van der Waals surface area contributed by atoms with Gasteiger partial charge in [0.25, 0.3) is 5.91 Å². The Bertz CT molecular complexity index is 1210. The number of hydrogen-bond donors (Lipinski definition) is 2. The molecule has 8 nitrogen and oxygen atoms in total. The molecule has 0 spiro atoms. The van der Waals surface area contributed by atoms with Gasteiger partial charge in [0.1, 0.15) is 5.75 Å². The standard InChI is InChI=1S/C28H32N4O4/c1-18(33)31-13-10-25(30-20-11-14-36-15-12-20)24(17-31)27(29)23-5-3-4-19-16-32(28(34)26(19)23)21-6-8-22(35-2)9-7-21/h3-9,20,29-30H,10-17H2,1-2H3. The molecule has 5 rings (SSSR count). The largest absolute Gasteiger partial charge is 0.497 e. The van der Waals surface area contributed by atoms with Gasteiger partial charge in [0.05, 0.1) is 24.9 Å². The minimum Gasteiger partial charge on any atom is -0.497 e. The fraction of sp³-hybridized carbons (Fsp3) is 0.393. The third-order valence-electron chi connectivity index (χ3n) is 7.28. The summed E-state index contributed by atoms with van der Waals surface area (Å²) in [4.78, 5) is 29.3. The van der Waals surface area contributed by atoms with Crippen LogP contribution in [0, 0.1) is 5.41 Å². The summed E-state index contributed by atoms with van der Waals surface area (Å²) < 4.78 is 10.8.